The highest BCUT2D eigenvalue weighted by Crippen LogP contribution is 2.26. The number of ether oxygens (including phenoxy) is 1. The van der Waals surface area contributed by atoms with Crippen LogP contribution >= 0.6 is 15.9 Å². The minimum absolute atomic E-state index is 0.556. The average molecular weight is 328 g/mol. The van der Waals surface area contributed by atoms with E-state index in [1.54, 1.807) is 7.11 Å². The van der Waals surface area contributed by atoms with E-state index in [0.717, 1.165) is 29.1 Å². The van der Waals surface area contributed by atoms with E-state index in [1.165, 1.54) is 18.4 Å². The molecular weight excluding hydrogens is 302 g/mol. The van der Waals surface area contributed by atoms with Crippen LogP contribution in [0, 0.1) is 5.92 Å². The first-order valence-electron chi connectivity index (χ1n) is 7.12. The van der Waals surface area contributed by atoms with Crippen LogP contribution in [0.15, 0.2) is 22.7 Å². The van der Waals surface area contributed by atoms with Crippen LogP contribution in [0.2, 0.25) is 0 Å². The first kappa shape index (κ1) is 16.5. The molecule has 0 amide bonds. The molecule has 3 heteroatoms. The summed E-state index contributed by atoms with van der Waals surface area (Å²) in [5.41, 5.74) is 1.35. The van der Waals surface area contributed by atoms with Gasteiger partial charge in [-0.05, 0) is 65.4 Å². The van der Waals surface area contributed by atoms with E-state index in [1.807, 2.05) is 6.07 Å². The molecule has 0 heterocycles. The molecule has 0 fully saturated rings. The topological polar surface area (TPSA) is 21.3 Å². The van der Waals surface area contributed by atoms with Crippen LogP contribution in [-0.4, -0.2) is 19.7 Å². The molecule has 0 saturated carbocycles. The van der Waals surface area contributed by atoms with Gasteiger partial charge in [0.05, 0.1) is 11.6 Å². The van der Waals surface area contributed by atoms with Crippen LogP contribution in [0.5, 0.6) is 5.75 Å². The number of hydrogen-bond acceptors (Lipinski definition) is 2. The van der Waals surface area contributed by atoms with E-state index in [4.69, 9.17) is 4.74 Å². The van der Waals surface area contributed by atoms with Crippen molar-refractivity contribution in [2.24, 2.45) is 5.92 Å². The Morgan fingerprint density at radius 2 is 2.05 bits per heavy atom. The molecular formula is C16H26BrNO. The number of halogens is 1. The average Bonchev–Trinajstić information content (AvgIpc) is 2.35. The highest BCUT2D eigenvalue weighted by molar-refractivity contribution is 9.10. The Balaban J connectivity index is 2.69. The van der Waals surface area contributed by atoms with E-state index in [2.05, 4.69) is 54.2 Å². The van der Waals surface area contributed by atoms with Crippen LogP contribution in [-0.2, 0) is 6.42 Å². The predicted octanol–water partition coefficient (Wildman–Crippen LogP) is 4.41. The Hall–Kier alpha value is -0.540. The van der Waals surface area contributed by atoms with E-state index in [9.17, 15) is 0 Å². The molecule has 1 unspecified atom stereocenters. The zero-order valence-corrected chi connectivity index (χ0v) is 14.1. The van der Waals surface area contributed by atoms with Gasteiger partial charge < -0.3 is 10.1 Å². The summed E-state index contributed by atoms with van der Waals surface area (Å²) in [6, 6.07) is 6.91. The van der Waals surface area contributed by atoms with E-state index >= 15 is 0 Å². The maximum Gasteiger partial charge on any atom is 0.133 e. The number of nitrogens with one attached hydrogen (secondary N) is 1. The third-order valence-electron chi connectivity index (χ3n) is 3.14. The van der Waals surface area contributed by atoms with Gasteiger partial charge in [-0.2, -0.15) is 0 Å². The first-order valence-corrected chi connectivity index (χ1v) is 7.91. The fraction of sp³-hybridized carbons (Fsp3) is 0.625. The highest BCUT2D eigenvalue weighted by atomic mass is 79.9. The molecule has 2 nitrogen and oxygen atoms in total. The lowest BCUT2D eigenvalue weighted by atomic mass is 9.97. The fourth-order valence-corrected chi connectivity index (χ4v) is 2.87. The van der Waals surface area contributed by atoms with Gasteiger partial charge in [-0.1, -0.05) is 26.8 Å². The lowest BCUT2D eigenvalue weighted by molar-refractivity contribution is 0.409. The normalized spacial score (nSPS) is 12.7. The molecule has 0 radical (unpaired) electrons. The van der Waals surface area contributed by atoms with Gasteiger partial charge >= 0.3 is 0 Å². The Morgan fingerprint density at radius 3 is 2.58 bits per heavy atom. The van der Waals surface area contributed by atoms with Gasteiger partial charge in [-0.25, -0.2) is 0 Å². The third kappa shape index (κ3) is 5.96. The predicted molar refractivity (Wildman–Crippen MR) is 85.9 cm³/mol. The van der Waals surface area contributed by atoms with Crippen molar-refractivity contribution in [2.75, 3.05) is 13.7 Å². The molecule has 0 aliphatic rings. The summed E-state index contributed by atoms with van der Waals surface area (Å²) in [7, 11) is 1.70. The summed E-state index contributed by atoms with van der Waals surface area (Å²) in [4.78, 5) is 0. The van der Waals surface area contributed by atoms with Gasteiger partial charge in [-0.3, -0.25) is 0 Å². The van der Waals surface area contributed by atoms with Gasteiger partial charge in [0.25, 0.3) is 0 Å². The summed E-state index contributed by atoms with van der Waals surface area (Å²) in [5, 5.41) is 3.65. The third-order valence-corrected chi connectivity index (χ3v) is 3.76. The van der Waals surface area contributed by atoms with Crippen molar-refractivity contribution in [3.8, 4) is 5.75 Å². The van der Waals surface area contributed by atoms with Crippen molar-refractivity contribution in [3.63, 3.8) is 0 Å². The monoisotopic (exact) mass is 327 g/mol. The van der Waals surface area contributed by atoms with Crippen LogP contribution in [0.3, 0.4) is 0 Å². The molecule has 0 aromatic heterocycles. The van der Waals surface area contributed by atoms with E-state index in [-0.39, 0.29) is 0 Å². The second-order valence-electron chi connectivity index (χ2n) is 5.45. The summed E-state index contributed by atoms with van der Waals surface area (Å²) < 4.78 is 6.31. The minimum atomic E-state index is 0.556. The molecule has 0 aliphatic heterocycles. The Labute approximate surface area is 126 Å². The Morgan fingerprint density at radius 1 is 1.32 bits per heavy atom. The highest BCUT2D eigenvalue weighted by Gasteiger charge is 2.12. The molecule has 19 heavy (non-hydrogen) atoms. The lowest BCUT2D eigenvalue weighted by Crippen LogP contribution is -2.33. The first-order chi connectivity index (χ1) is 9.06. The minimum Gasteiger partial charge on any atom is -0.496 e. The zero-order valence-electron chi connectivity index (χ0n) is 12.5. The summed E-state index contributed by atoms with van der Waals surface area (Å²) in [6.45, 7) is 7.87. The molecule has 1 aromatic carbocycles. The van der Waals surface area contributed by atoms with Crippen molar-refractivity contribution < 1.29 is 4.74 Å². The smallest absolute Gasteiger partial charge is 0.133 e. The molecule has 1 aromatic rings. The standard InChI is InChI=1S/C16H26BrNO/c1-5-8-18-14(9-12(2)3)10-13-6-7-16(19-4)15(17)11-13/h6-7,11-12,14,18H,5,8-10H2,1-4H3. The molecule has 0 spiro atoms. The molecule has 108 valence electrons. The van der Waals surface area contributed by atoms with Crippen LogP contribution < -0.4 is 10.1 Å². The van der Waals surface area contributed by atoms with Crippen molar-refractivity contribution in [3.05, 3.63) is 28.2 Å². The van der Waals surface area contributed by atoms with Gasteiger partial charge in [0.15, 0.2) is 0 Å². The SMILES string of the molecule is CCCNC(Cc1ccc(OC)c(Br)c1)CC(C)C. The number of hydrogen-bond donors (Lipinski definition) is 1. The number of benzene rings is 1. The maximum absolute atomic E-state index is 5.27. The number of rotatable bonds is 8. The van der Waals surface area contributed by atoms with Crippen molar-refractivity contribution in [1.29, 1.82) is 0 Å². The van der Waals surface area contributed by atoms with Gasteiger partial charge in [-0.15, -0.1) is 0 Å². The second-order valence-corrected chi connectivity index (χ2v) is 6.31. The van der Waals surface area contributed by atoms with Crippen LogP contribution in [0.1, 0.15) is 39.2 Å². The summed E-state index contributed by atoms with van der Waals surface area (Å²) in [6.07, 6.45) is 3.46. The number of methoxy groups -OCH3 is 1. The summed E-state index contributed by atoms with van der Waals surface area (Å²) in [5.74, 6) is 1.61. The van der Waals surface area contributed by atoms with Gasteiger partial charge in [0.2, 0.25) is 0 Å². The van der Waals surface area contributed by atoms with Crippen molar-refractivity contribution in [1.82, 2.24) is 5.32 Å². The van der Waals surface area contributed by atoms with Crippen molar-refractivity contribution in [2.45, 2.75) is 46.1 Å². The molecule has 1 N–H and O–H groups in total. The van der Waals surface area contributed by atoms with Gasteiger partial charge in [0, 0.05) is 6.04 Å². The van der Waals surface area contributed by atoms with E-state index in [0.29, 0.717) is 6.04 Å². The molecule has 0 bridgehead atoms. The fourth-order valence-electron chi connectivity index (χ4n) is 2.28. The Kier molecular flexibility index (Phi) is 7.47. The van der Waals surface area contributed by atoms with Crippen LogP contribution in [0.25, 0.3) is 0 Å². The molecule has 0 aliphatic carbocycles. The molecule has 1 atom stereocenters. The molecule has 0 saturated heterocycles. The van der Waals surface area contributed by atoms with Crippen molar-refractivity contribution >= 4 is 15.9 Å². The van der Waals surface area contributed by atoms with E-state index < -0.39 is 0 Å². The zero-order chi connectivity index (χ0) is 14.3. The summed E-state index contributed by atoms with van der Waals surface area (Å²) >= 11 is 3.56. The maximum atomic E-state index is 5.27. The Bertz CT molecular complexity index is 379. The lowest BCUT2D eigenvalue weighted by Gasteiger charge is -2.21. The van der Waals surface area contributed by atoms with Crippen LogP contribution in [0.4, 0.5) is 0 Å². The quantitative estimate of drug-likeness (QED) is 0.763. The largest absolute Gasteiger partial charge is 0.496 e. The van der Waals surface area contributed by atoms with Gasteiger partial charge in [0.1, 0.15) is 5.75 Å². The molecule has 1 rings (SSSR count). The second kappa shape index (κ2) is 8.60.